The summed E-state index contributed by atoms with van der Waals surface area (Å²) in [6, 6.07) is 0. The molecule has 0 radical (unpaired) electrons. The first-order chi connectivity index (χ1) is 16.4. The fraction of sp³-hybridized carbons (Fsp3) is 0.966. The molecule has 4 aliphatic rings. The zero-order valence-corrected chi connectivity index (χ0v) is 22.9. The lowest BCUT2D eigenvalue weighted by Gasteiger charge is -2.56. The van der Waals surface area contributed by atoms with Gasteiger partial charge in [0.15, 0.2) is 0 Å². The Balaban J connectivity index is 1.59. The lowest BCUT2D eigenvalue weighted by molar-refractivity contribution is -0.162. The molecular formula is C29H50O6. The van der Waals surface area contributed by atoms with E-state index in [9.17, 15) is 20.1 Å². The summed E-state index contributed by atoms with van der Waals surface area (Å²) in [5.41, 5.74) is -0.243. The van der Waals surface area contributed by atoms with Gasteiger partial charge in [-0.25, -0.2) is 0 Å². The summed E-state index contributed by atoms with van der Waals surface area (Å²) in [6.45, 7) is 13.7. The molecule has 0 amide bonds. The molecule has 0 spiro atoms. The maximum atomic E-state index is 13.1. The van der Waals surface area contributed by atoms with E-state index < -0.39 is 18.3 Å². The molecular weight excluding hydrogens is 444 g/mol. The largest absolute Gasteiger partial charge is 0.465 e. The van der Waals surface area contributed by atoms with E-state index in [4.69, 9.17) is 9.47 Å². The number of aliphatic hydroxyl groups excluding tert-OH is 3. The predicted octanol–water partition coefficient (Wildman–Crippen LogP) is 4.04. The molecule has 0 bridgehead atoms. The molecule has 3 aliphatic carbocycles. The molecule has 1 saturated heterocycles. The third kappa shape index (κ3) is 4.38. The number of rotatable bonds is 6. The van der Waals surface area contributed by atoms with Gasteiger partial charge in [0, 0.05) is 7.11 Å². The molecule has 6 heteroatoms. The van der Waals surface area contributed by atoms with Crippen LogP contribution in [0.2, 0.25) is 0 Å². The van der Waals surface area contributed by atoms with Crippen molar-refractivity contribution in [3.63, 3.8) is 0 Å². The van der Waals surface area contributed by atoms with E-state index in [0.29, 0.717) is 43.1 Å². The molecule has 3 N–H and O–H groups in total. The summed E-state index contributed by atoms with van der Waals surface area (Å²) in [5.74, 6) is 1.69. The molecule has 0 aromatic heterocycles. The van der Waals surface area contributed by atoms with E-state index in [2.05, 4.69) is 41.5 Å². The first-order valence-corrected chi connectivity index (χ1v) is 14.1. The number of aliphatic hydroxyl groups is 3. The van der Waals surface area contributed by atoms with Gasteiger partial charge in [-0.15, -0.1) is 0 Å². The second-order valence-corrected chi connectivity index (χ2v) is 13.5. The predicted molar refractivity (Wildman–Crippen MR) is 134 cm³/mol. The first kappa shape index (κ1) is 27.3. The Morgan fingerprint density at radius 1 is 1.00 bits per heavy atom. The molecule has 35 heavy (non-hydrogen) atoms. The summed E-state index contributed by atoms with van der Waals surface area (Å²) in [4.78, 5) is 13.1. The first-order valence-electron chi connectivity index (χ1n) is 14.1. The number of methoxy groups -OCH3 is 1. The van der Waals surface area contributed by atoms with Gasteiger partial charge in [-0.3, -0.25) is 4.79 Å². The smallest absolute Gasteiger partial charge is 0.309 e. The molecule has 1 aliphatic heterocycles. The molecule has 1 unspecified atom stereocenters. The monoisotopic (exact) mass is 494 g/mol. The van der Waals surface area contributed by atoms with Crippen molar-refractivity contribution in [2.75, 3.05) is 13.7 Å². The maximum Gasteiger partial charge on any atom is 0.309 e. The Labute approximate surface area is 212 Å². The fourth-order valence-corrected chi connectivity index (χ4v) is 9.28. The second-order valence-electron chi connectivity index (χ2n) is 13.5. The van der Waals surface area contributed by atoms with Crippen LogP contribution in [-0.2, 0) is 14.3 Å². The Morgan fingerprint density at radius 2 is 1.66 bits per heavy atom. The van der Waals surface area contributed by atoms with Gasteiger partial charge in [-0.1, -0.05) is 41.5 Å². The lowest BCUT2D eigenvalue weighted by atomic mass is 9.48. The van der Waals surface area contributed by atoms with Crippen LogP contribution in [0, 0.1) is 58.2 Å². The van der Waals surface area contributed by atoms with Crippen LogP contribution < -0.4 is 0 Å². The number of hydrogen-bond acceptors (Lipinski definition) is 6. The van der Waals surface area contributed by atoms with Gasteiger partial charge in [-0.2, -0.15) is 0 Å². The SMILES string of the molecule is CO[C@H]([C@@H](C)[C@H]1CC[C@H]2[C@@H]3COC(=O)C4C[C@H](O)[C@H](O)C[C@]4(C)[C@H]3CC[C@]12C)[C@H](O)[C@@H](C)C(C)C. The Kier molecular flexibility index (Phi) is 7.72. The third-order valence-corrected chi connectivity index (χ3v) is 11.8. The Morgan fingerprint density at radius 3 is 2.29 bits per heavy atom. The summed E-state index contributed by atoms with van der Waals surface area (Å²) < 4.78 is 11.9. The van der Waals surface area contributed by atoms with Crippen molar-refractivity contribution in [2.45, 2.75) is 104 Å². The Hall–Kier alpha value is -0.690. The highest BCUT2D eigenvalue weighted by Crippen LogP contribution is 2.66. The van der Waals surface area contributed by atoms with E-state index in [1.807, 2.05) is 0 Å². The van der Waals surface area contributed by atoms with Crippen LogP contribution in [0.25, 0.3) is 0 Å². The van der Waals surface area contributed by atoms with Crippen molar-refractivity contribution in [1.82, 2.24) is 0 Å². The van der Waals surface area contributed by atoms with Gasteiger partial charge in [0.25, 0.3) is 0 Å². The zero-order chi connectivity index (χ0) is 25.9. The number of cyclic esters (lactones) is 1. The minimum absolute atomic E-state index is 0.105. The number of carbonyl (C=O) groups is 1. The van der Waals surface area contributed by atoms with E-state index >= 15 is 0 Å². The summed E-state index contributed by atoms with van der Waals surface area (Å²) in [7, 11) is 1.73. The van der Waals surface area contributed by atoms with Crippen LogP contribution in [0.1, 0.15) is 80.1 Å². The van der Waals surface area contributed by atoms with E-state index in [1.165, 1.54) is 0 Å². The Bertz CT molecular complexity index is 770. The van der Waals surface area contributed by atoms with Crippen LogP contribution >= 0.6 is 0 Å². The van der Waals surface area contributed by atoms with Gasteiger partial charge in [0.1, 0.15) is 0 Å². The van der Waals surface area contributed by atoms with Crippen molar-refractivity contribution in [3.8, 4) is 0 Å². The highest BCUT2D eigenvalue weighted by Gasteiger charge is 2.63. The number of esters is 1. The topological polar surface area (TPSA) is 96.2 Å². The second kappa shape index (κ2) is 9.89. The fourth-order valence-electron chi connectivity index (χ4n) is 9.28. The zero-order valence-electron chi connectivity index (χ0n) is 22.9. The van der Waals surface area contributed by atoms with Gasteiger partial charge in [0.2, 0.25) is 0 Å². The van der Waals surface area contributed by atoms with E-state index in [-0.39, 0.29) is 46.6 Å². The quantitative estimate of drug-likeness (QED) is 0.482. The normalized spacial score (nSPS) is 47.1. The van der Waals surface area contributed by atoms with Crippen molar-refractivity contribution in [2.24, 2.45) is 58.2 Å². The van der Waals surface area contributed by atoms with Crippen LogP contribution in [0.5, 0.6) is 0 Å². The average Bonchev–Trinajstić information content (AvgIpc) is 3.11. The highest BCUT2D eigenvalue weighted by molar-refractivity contribution is 5.74. The summed E-state index contributed by atoms with van der Waals surface area (Å²) >= 11 is 0. The highest BCUT2D eigenvalue weighted by atomic mass is 16.5. The minimum atomic E-state index is -0.853. The minimum Gasteiger partial charge on any atom is -0.465 e. The lowest BCUT2D eigenvalue weighted by Crippen LogP contribution is -2.55. The maximum absolute atomic E-state index is 13.1. The van der Waals surface area contributed by atoms with Crippen LogP contribution in [0.3, 0.4) is 0 Å². The van der Waals surface area contributed by atoms with E-state index in [1.54, 1.807) is 7.11 Å². The standard InChI is InChI=1S/C29H50O6/c1-15(2)16(3)25(32)26(34-7)17(4)19-8-9-20-18-14-35-27(33)22-12-23(30)24(31)13-29(22,6)21(18)10-11-28(19,20)5/h15-26,30-32H,8-14H2,1-7H3/t16-,17-,18-,19+,20-,21-,22?,23-,24+,25+,26+,28+,29+/m0/s1. The molecule has 1 heterocycles. The van der Waals surface area contributed by atoms with Crippen molar-refractivity contribution < 1.29 is 29.6 Å². The molecule has 13 atom stereocenters. The van der Waals surface area contributed by atoms with Crippen molar-refractivity contribution in [1.29, 1.82) is 0 Å². The van der Waals surface area contributed by atoms with Crippen molar-refractivity contribution in [3.05, 3.63) is 0 Å². The molecule has 0 aromatic carbocycles. The molecule has 3 saturated carbocycles. The number of fused-ring (bicyclic) bond motifs is 5. The van der Waals surface area contributed by atoms with Crippen molar-refractivity contribution >= 4 is 5.97 Å². The number of ether oxygens (including phenoxy) is 2. The molecule has 4 fully saturated rings. The van der Waals surface area contributed by atoms with E-state index in [0.717, 1.165) is 25.7 Å². The summed E-state index contributed by atoms with van der Waals surface area (Å²) in [6.07, 6.45) is 2.72. The molecule has 202 valence electrons. The van der Waals surface area contributed by atoms with Crippen LogP contribution in [0.15, 0.2) is 0 Å². The molecule has 4 rings (SSSR count). The van der Waals surface area contributed by atoms with Gasteiger partial charge >= 0.3 is 5.97 Å². The number of hydrogen-bond donors (Lipinski definition) is 3. The summed E-state index contributed by atoms with van der Waals surface area (Å²) in [5, 5.41) is 32.1. The van der Waals surface area contributed by atoms with Crippen LogP contribution in [-0.4, -0.2) is 59.4 Å². The third-order valence-electron chi connectivity index (χ3n) is 11.8. The van der Waals surface area contributed by atoms with Gasteiger partial charge in [0.05, 0.1) is 36.9 Å². The van der Waals surface area contributed by atoms with Gasteiger partial charge in [-0.05, 0) is 90.8 Å². The average molecular weight is 495 g/mol. The van der Waals surface area contributed by atoms with Gasteiger partial charge < -0.3 is 24.8 Å². The molecule has 0 aromatic rings. The van der Waals surface area contributed by atoms with Crippen LogP contribution in [0.4, 0.5) is 0 Å². The molecule has 6 nitrogen and oxygen atoms in total. The number of carbonyl (C=O) groups excluding carboxylic acids is 1.